The SMILES string of the molecule is CCCOc1ccccc1-c1nc2c(CCC(O)Cc3ccccc3)cccc2c(=O)[nH]1. The fraction of sp³-hybridized carbons (Fsp3) is 0.259. The van der Waals surface area contributed by atoms with E-state index in [-0.39, 0.29) is 5.56 Å². The third-order valence-corrected chi connectivity index (χ3v) is 5.48. The number of nitrogens with zero attached hydrogens (tertiary/aromatic N) is 1. The largest absolute Gasteiger partial charge is 0.493 e. The van der Waals surface area contributed by atoms with Crippen molar-refractivity contribution in [2.45, 2.75) is 38.7 Å². The van der Waals surface area contributed by atoms with Crippen LogP contribution in [0.2, 0.25) is 0 Å². The fourth-order valence-corrected chi connectivity index (χ4v) is 3.86. The summed E-state index contributed by atoms with van der Waals surface area (Å²) in [4.78, 5) is 20.6. The summed E-state index contributed by atoms with van der Waals surface area (Å²) in [6.45, 7) is 2.65. The van der Waals surface area contributed by atoms with Gasteiger partial charge in [-0.05, 0) is 55.0 Å². The number of rotatable bonds is 9. The molecule has 3 aromatic carbocycles. The van der Waals surface area contributed by atoms with Crippen molar-refractivity contribution >= 4 is 10.9 Å². The lowest BCUT2D eigenvalue weighted by Gasteiger charge is -2.13. The normalized spacial score (nSPS) is 12.1. The number of ether oxygens (including phenoxy) is 1. The summed E-state index contributed by atoms with van der Waals surface area (Å²) in [6.07, 6.45) is 2.26. The number of hydrogen-bond donors (Lipinski definition) is 2. The molecule has 5 heteroatoms. The van der Waals surface area contributed by atoms with Crippen molar-refractivity contribution in [1.82, 2.24) is 9.97 Å². The molecule has 0 amide bonds. The van der Waals surface area contributed by atoms with Crippen LogP contribution in [0.4, 0.5) is 0 Å². The van der Waals surface area contributed by atoms with Gasteiger partial charge in [0, 0.05) is 0 Å². The second-order valence-corrected chi connectivity index (χ2v) is 7.95. The van der Waals surface area contributed by atoms with Crippen LogP contribution in [0.3, 0.4) is 0 Å². The highest BCUT2D eigenvalue weighted by Crippen LogP contribution is 2.28. The zero-order valence-corrected chi connectivity index (χ0v) is 18.3. The molecule has 1 unspecified atom stereocenters. The monoisotopic (exact) mass is 428 g/mol. The second-order valence-electron chi connectivity index (χ2n) is 7.95. The summed E-state index contributed by atoms with van der Waals surface area (Å²) < 4.78 is 5.86. The Balaban J connectivity index is 1.62. The summed E-state index contributed by atoms with van der Waals surface area (Å²) in [5.74, 6) is 1.19. The van der Waals surface area contributed by atoms with Crippen molar-refractivity contribution < 1.29 is 9.84 Å². The molecule has 0 aliphatic heterocycles. The molecule has 2 N–H and O–H groups in total. The van der Waals surface area contributed by atoms with Gasteiger partial charge in [0.1, 0.15) is 11.6 Å². The second kappa shape index (κ2) is 10.2. The molecule has 0 aliphatic rings. The lowest BCUT2D eigenvalue weighted by Crippen LogP contribution is -2.14. The standard InChI is InChI=1S/C27H28N2O3/c1-2-17-32-24-14-7-6-12-22(24)26-28-25-20(11-8-13-23(25)27(31)29-26)15-16-21(30)18-19-9-4-3-5-10-19/h3-14,21,30H,2,15-18H2,1H3,(H,28,29,31). The van der Waals surface area contributed by atoms with Gasteiger partial charge in [-0.3, -0.25) is 4.79 Å². The first kappa shape index (κ1) is 21.8. The molecule has 5 nitrogen and oxygen atoms in total. The Bertz CT molecular complexity index is 1230. The van der Waals surface area contributed by atoms with E-state index in [9.17, 15) is 9.90 Å². The Kier molecular flexibility index (Phi) is 6.97. The van der Waals surface area contributed by atoms with Crippen LogP contribution in [0.25, 0.3) is 22.3 Å². The zero-order chi connectivity index (χ0) is 22.3. The molecule has 0 saturated carbocycles. The Morgan fingerprint density at radius 1 is 1.00 bits per heavy atom. The number of nitrogens with one attached hydrogen (secondary N) is 1. The minimum atomic E-state index is -0.461. The number of benzene rings is 3. The lowest BCUT2D eigenvalue weighted by atomic mass is 10.00. The van der Waals surface area contributed by atoms with Gasteiger partial charge in [0.25, 0.3) is 5.56 Å². The average Bonchev–Trinajstić information content (AvgIpc) is 2.82. The molecule has 0 aliphatic carbocycles. The van der Waals surface area contributed by atoms with E-state index >= 15 is 0 Å². The lowest BCUT2D eigenvalue weighted by molar-refractivity contribution is 0.165. The molecule has 4 rings (SSSR count). The van der Waals surface area contributed by atoms with Gasteiger partial charge in [-0.25, -0.2) is 4.98 Å². The first-order chi connectivity index (χ1) is 15.7. The van der Waals surface area contributed by atoms with Gasteiger partial charge in [0.05, 0.1) is 29.2 Å². The van der Waals surface area contributed by atoms with Crippen LogP contribution >= 0.6 is 0 Å². The number of fused-ring (bicyclic) bond motifs is 1. The third-order valence-electron chi connectivity index (χ3n) is 5.48. The molecule has 1 heterocycles. The smallest absolute Gasteiger partial charge is 0.259 e. The minimum absolute atomic E-state index is 0.179. The van der Waals surface area contributed by atoms with E-state index in [4.69, 9.17) is 9.72 Å². The van der Waals surface area contributed by atoms with Crippen LogP contribution in [0.15, 0.2) is 77.6 Å². The summed E-state index contributed by atoms with van der Waals surface area (Å²) in [7, 11) is 0. The maximum absolute atomic E-state index is 12.8. The van der Waals surface area contributed by atoms with Gasteiger partial charge in [0.2, 0.25) is 0 Å². The highest BCUT2D eigenvalue weighted by atomic mass is 16.5. The average molecular weight is 429 g/mol. The van der Waals surface area contributed by atoms with E-state index in [1.165, 1.54) is 0 Å². The van der Waals surface area contributed by atoms with E-state index in [0.29, 0.717) is 48.3 Å². The molecule has 0 bridgehead atoms. The van der Waals surface area contributed by atoms with Crippen LogP contribution in [0, 0.1) is 0 Å². The molecule has 0 radical (unpaired) electrons. The minimum Gasteiger partial charge on any atom is -0.493 e. The maximum Gasteiger partial charge on any atom is 0.259 e. The van der Waals surface area contributed by atoms with Crippen molar-refractivity contribution in [3.63, 3.8) is 0 Å². The maximum atomic E-state index is 12.8. The molecule has 1 aromatic heterocycles. The van der Waals surface area contributed by atoms with Crippen molar-refractivity contribution in [1.29, 1.82) is 0 Å². The number of hydrogen-bond acceptors (Lipinski definition) is 4. The predicted molar refractivity (Wildman–Crippen MR) is 128 cm³/mol. The first-order valence-electron chi connectivity index (χ1n) is 11.1. The topological polar surface area (TPSA) is 75.2 Å². The number of aryl methyl sites for hydroxylation is 1. The molecule has 32 heavy (non-hydrogen) atoms. The van der Waals surface area contributed by atoms with Gasteiger partial charge < -0.3 is 14.8 Å². The molecular formula is C27H28N2O3. The zero-order valence-electron chi connectivity index (χ0n) is 18.3. The molecule has 4 aromatic rings. The van der Waals surface area contributed by atoms with E-state index in [0.717, 1.165) is 23.1 Å². The van der Waals surface area contributed by atoms with Crippen molar-refractivity contribution in [3.05, 3.63) is 94.3 Å². The summed E-state index contributed by atoms with van der Waals surface area (Å²) in [5.41, 5.74) is 3.32. The Morgan fingerprint density at radius 3 is 2.59 bits per heavy atom. The number of H-pyrrole nitrogens is 1. The number of aromatic nitrogens is 2. The Hall–Kier alpha value is -3.44. The van der Waals surface area contributed by atoms with Crippen molar-refractivity contribution in [3.8, 4) is 17.1 Å². The molecule has 1 atom stereocenters. The molecule has 0 fully saturated rings. The van der Waals surface area contributed by atoms with E-state index in [2.05, 4.69) is 11.9 Å². The number of aromatic amines is 1. The van der Waals surface area contributed by atoms with Crippen molar-refractivity contribution in [2.75, 3.05) is 6.61 Å². The Labute approximate surface area is 187 Å². The van der Waals surface area contributed by atoms with Crippen LogP contribution in [-0.4, -0.2) is 27.8 Å². The van der Waals surface area contributed by atoms with Crippen LogP contribution in [0.1, 0.15) is 30.9 Å². The molecule has 0 saturated heterocycles. The Morgan fingerprint density at radius 2 is 1.78 bits per heavy atom. The molecule has 0 spiro atoms. The van der Waals surface area contributed by atoms with Gasteiger partial charge in [-0.15, -0.1) is 0 Å². The van der Waals surface area contributed by atoms with Crippen LogP contribution in [0.5, 0.6) is 5.75 Å². The molecule has 164 valence electrons. The van der Waals surface area contributed by atoms with Gasteiger partial charge in [-0.2, -0.15) is 0 Å². The molecular weight excluding hydrogens is 400 g/mol. The summed E-state index contributed by atoms with van der Waals surface area (Å²) in [5, 5.41) is 11.1. The quantitative estimate of drug-likeness (QED) is 0.397. The number of aliphatic hydroxyl groups excluding tert-OH is 1. The van der Waals surface area contributed by atoms with E-state index in [1.807, 2.05) is 66.7 Å². The third kappa shape index (κ3) is 5.06. The van der Waals surface area contributed by atoms with Crippen LogP contribution < -0.4 is 10.3 Å². The summed E-state index contributed by atoms with van der Waals surface area (Å²) >= 11 is 0. The first-order valence-corrected chi connectivity index (χ1v) is 11.1. The fourth-order valence-electron chi connectivity index (χ4n) is 3.86. The van der Waals surface area contributed by atoms with Crippen molar-refractivity contribution in [2.24, 2.45) is 0 Å². The predicted octanol–water partition coefficient (Wildman–Crippen LogP) is 4.92. The summed E-state index contributed by atoms with van der Waals surface area (Å²) in [6, 6.07) is 23.2. The number of para-hydroxylation sites is 2. The van der Waals surface area contributed by atoms with E-state index in [1.54, 1.807) is 6.07 Å². The number of aliphatic hydroxyl groups is 1. The highest BCUT2D eigenvalue weighted by molar-refractivity contribution is 5.83. The van der Waals surface area contributed by atoms with Gasteiger partial charge in [0.15, 0.2) is 0 Å². The van der Waals surface area contributed by atoms with E-state index < -0.39 is 6.10 Å². The van der Waals surface area contributed by atoms with Crippen LogP contribution in [-0.2, 0) is 12.8 Å². The highest BCUT2D eigenvalue weighted by Gasteiger charge is 2.14. The van der Waals surface area contributed by atoms with Gasteiger partial charge in [-0.1, -0.05) is 61.5 Å². The van der Waals surface area contributed by atoms with Gasteiger partial charge >= 0.3 is 0 Å².